The number of thiocarbonyl (C=S) groups is 1. The molecule has 1 aromatic carbocycles. The van der Waals surface area contributed by atoms with Gasteiger partial charge < -0.3 is 4.90 Å². The van der Waals surface area contributed by atoms with Gasteiger partial charge in [0.2, 0.25) is 0 Å². The van der Waals surface area contributed by atoms with Crippen molar-refractivity contribution in [1.82, 2.24) is 14.3 Å². The summed E-state index contributed by atoms with van der Waals surface area (Å²) < 4.78 is 2.00. The molecule has 0 saturated carbocycles. The molecule has 4 heterocycles. The van der Waals surface area contributed by atoms with Crippen LogP contribution in [0.2, 0.25) is 5.02 Å². The van der Waals surface area contributed by atoms with Gasteiger partial charge in [-0.15, -0.1) is 0 Å². The first-order chi connectivity index (χ1) is 16.8. The van der Waals surface area contributed by atoms with Gasteiger partial charge in [0, 0.05) is 24.3 Å². The fourth-order valence-corrected chi connectivity index (χ4v) is 5.88. The predicted octanol–water partition coefficient (Wildman–Crippen LogP) is 5.29. The summed E-state index contributed by atoms with van der Waals surface area (Å²) in [5.41, 5.74) is 2.60. The fourth-order valence-electron chi connectivity index (χ4n) is 4.45. The molecule has 0 unspecified atom stereocenters. The van der Waals surface area contributed by atoms with Gasteiger partial charge in [0.05, 0.1) is 17.0 Å². The van der Waals surface area contributed by atoms with Gasteiger partial charge in [-0.05, 0) is 55.0 Å². The number of rotatable bonds is 4. The van der Waals surface area contributed by atoms with Gasteiger partial charge in [-0.2, -0.15) is 0 Å². The summed E-state index contributed by atoms with van der Waals surface area (Å²) in [5.74, 6) is 1.04. The molecule has 0 aliphatic carbocycles. The highest BCUT2D eigenvalue weighted by molar-refractivity contribution is 8.26. The molecule has 3 aromatic rings. The maximum Gasteiger partial charge on any atom is 0.267 e. The van der Waals surface area contributed by atoms with Crippen LogP contribution in [-0.2, 0) is 11.3 Å². The SMILES string of the molecule is Cc1cccn2c(=O)c(/C=C3/SC(=S)N(Cc4ccccc4Cl)C3=O)c(N3CCC(C)CC3)nc12. The number of halogens is 1. The van der Waals surface area contributed by atoms with Crippen molar-refractivity contribution in [3.63, 3.8) is 0 Å². The minimum Gasteiger partial charge on any atom is -0.356 e. The fraction of sp³-hybridized carbons (Fsp3) is 0.308. The highest BCUT2D eigenvalue weighted by Crippen LogP contribution is 2.35. The van der Waals surface area contributed by atoms with Crippen molar-refractivity contribution >= 4 is 63.3 Å². The number of anilines is 1. The lowest BCUT2D eigenvalue weighted by Crippen LogP contribution is -2.36. The molecular formula is C26H25ClN4O2S2. The molecule has 2 aliphatic rings. The lowest BCUT2D eigenvalue weighted by Gasteiger charge is -2.32. The van der Waals surface area contributed by atoms with Crippen LogP contribution in [0, 0.1) is 12.8 Å². The third kappa shape index (κ3) is 4.62. The summed E-state index contributed by atoms with van der Waals surface area (Å²) in [6.45, 7) is 6.12. The number of aromatic nitrogens is 2. The molecule has 2 aliphatic heterocycles. The monoisotopic (exact) mass is 524 g/mol. The van der Waals surface area contributed by atoms with E-state index >= 15 is 0 Å². The van der Waals surface area contributed by atoms with E-state index in [0.717, 1.165) is 37.1 Å². The standard InChI is InChI=1S/C26H25ClN4O2S2/c1-16-9-12-29(13-10-16)23-19(24(32)30-11-5-6-17(2)22(30)28-23)14-21-25(33)31(26(34)35-21)15-18-7-3-4-8-20(18)27/h3-8,11,14,16H,9-10,12-13,15H2,1-2H3/b21-14+. The number of fused-ring (bicyclic) bond motifs is 1. The van der Waals surface area contributed by atoms with E-state index < -0.39 is 0 Å². The molecular weight excluding hydrogens is 500 g/mol. The van der Waals surface area contributed by atoms with Crippen molar-refractivity contribution in [2.24, 2.45) is 5.92 Å². The first kappa shape index (κ1) is 24.0. The van der Waals surface area contributed by atoms with Crippen LogP contribution >= 0.6 is 35.6 Å². The third-order valence-corrected chi connectivity index (χ3v) is 8.33. The smallest absolute Gasteiger partial charge is 0.267 e. The summed E-state index contributed by atoms with van der Waals surface area (Å²) in [6.07, 6.45) is 5.46. The first-order valence-corrected chi connectivity index (χ1v) is 13.2. The molecule has 5 rings (SSSR count). The second kappa shape index (κ2) is 9.76. The highest BCUT2D eigenvalue weighted by atomic mass is 35.5. The molecule has 0 spiro atoms. The van der Waals surface area contributed by atoms with E-state index in [4.69, 9.17) is 28.8 Å². The van der Waals surface area contributed by atoms with Crippen LogP contribution in [0.5, 0.6) is 0 Å². The number of pyridine rings is 1. The van der Waals surface area contributed by atoms with E-state index in [1.54, 1.807) is 22.7 Å². The zero-order chi connectivity index (χ0) is 24.7. The summed E-state index contributed by atoms with van der Waals surface area (Å²) in [6, 6.07) is 11.2. The normalized spacial score (nSPS) is 18.3. The predicted molar refractivity (Wildman–Crippen MR) is 147 cm³/mol. The summed E-state index contributed by atoms with van der Waals surface area (Å²) in [4.78, 5) is 36.1. The quantitative estimate of drug-likeness (QED) is 0.341. The Bertz CT molecular complexity index is 1430. The minimum absolute atomic E-state index is 0.191. The van der Waals surface area contributed by atoms with Crippen molar-refractivity contribution < 1.29 is 4.79 Å². The number of aryl methyl sites for hydroxylation is 1. The number of carbonyl (C=O) groups excluding carboxylic acids is 1. The molecule has 2 aromatic heterocycles. The topological polar surface area (TPSA) is 57.9 Å². The van der Waals surface area contributed by atoms with Crippen molar-refractivity contribution in [3.05, 3.63) is 79.6 Å². The first-order valence-electron chi connectivity index (χ1n) is 11.6. The van der Waals surface area contributed by atoms with Gasteiger partial charge in [-0.25, -0.2) is 4.98 Å². The zero-order valence-corrected chi connectivity index (χ0v) is 21.9. The van der Waals surface area contributed by atoms with E-state index in [1.165, 1.54) is 16.7 Å². The molecule has 6 nitrogen and oxygen atoms in total. The number of piperidine rings is 1. The summed E-state index contributed by atoms with van der Waals surface area (Å²) in [5, 5.41) is 0.583. The van der Waals surface area contributed by atoms with Gasteiger partial charge in [0.15, 0.2) is 0 Å². The van der Waals surface area contributed by atoms with E-state index in [9.17, 15) is 9.59 Å². The molecule has 0 bridgehead atoms. The number of hydrogen-bond acceptors (Lipinski definition) is 6. The minimum atomic E-state index is -0.230. The van der Waals surface area contributed by atoms with Crippen molar-refractivity contribution in [2.75, 3.05) is 18.0 Å². The Labute approximate surface area is 218 Å². The van der Waals surface area contributed by atoms with Gasteiger partial charge in [-0.1, -0.05) is 66.8 Å². The molecule has 1 amide bonds. The van der Waals surface area contributed by atoms with Crippen LogP contribution in [0.25, 0.3) is 11.7 Å². The average Bonchev–Trinajstić information content (AvgIpc) is 3.10. The van der Waals surface area contributed by atoms with Gasteiger partial charge in [-0.3, -0.25) is 18.9 Å². The van der Waals surface area contributed by atoms with Crippen LogP contribution in [0.1, 0.15) is 36.5 Å². The van der Waals surface area contributed by atoms with E-state index in [0.29, 0.717) is 37.2 Å². The molecule has 180 valence electrons. The molecule has 0 radical (unpaired) electrons. The molecule has 2 fully saturated rings. The maximum atomic E-state index is 13.7. The molecule has 2 saturated heterocycles. The number of hydrogen-bond donors (Lipinski definition) is 0. The Balaban J connectivity index is 1.58. The van der Waals surface area contributed by atoms with Crippen LogP contribution in [0.15, 0.2) is 52.3 Å². The van der Waals surface area contributed by atoms with Gasteiger partial charge >= 0.3 is 0 Å². The zero-order valence-electron chi connectivity index (χ0n) is 19.5. The Morgan fingerprint density at radius 2 is 1.91 bits per heavy atom. The Hall–Kier alpha value is -2.68. The average molecular weight is 525 g/mol. The van der Waals surface area contributed by atoms with Crippen LogP contribution in [0.4, 0.5) is 5.82 Å². The van der Waals surface area contributed by atoms with Crippen LogP contribution in [0.3, 0.4) is 0 Å². The van der Waals surface area contributed by atoms with Crippen molar-refractivity contribution in [2.45, 2.75) is 33.2 Å². The number of benzene rings is 1. The number of thioether (sulfide) groups is 1. The van der Waals surface area contributed by atoms with E-state index in [2.05, 4.69) is 11.8 Å². The molecule has 0 N–H and O–H groups in total. The largest absolute Gasteiger partial charge is 0.356 e. The lowest BCUT2D eigenvalue weighted by atomic mass is 9.99. The highest BCUT2D eigenvalue weighted by Gasteiger charge is 2.33. The second-order valence-corrected chi connectivity index (χ2v) is 11.2. The summed E-state index contributed by atoms with van der Waals surface area (Å²) in [7, 11) is 0. The van der Waals surface area contributed by atoms with E-state index in [1.807, 2.05) is 37.3 Å². The molecule has 0 atom stereocenters. The Kier molecular flexibility index (Phi) is 6.70. The Morgan fingerprint density at radius 1 is 1.17 bits per heavy atom. The van der Waals surface area contributed by atoms with Gasteiger partial charge in [0.25, 0.3) is 11.5 Å². The van der Waals surface area contributed by atoms with Crippen molar-refractivity contribution in [1.29, 1.82) is 0 Å². The van der Waals surface area contributed by atoms with E-state index in [-0.39, 0.29) is 18.0 Å². The number of amides is 1. The molecule has 9 heteroatoms. The van der Waals surface area contributed by atoms with Crippen LogP contribution in [-0.4, -0.2) is 37.6 Å². The number of nitrogens with zero attached hydrogens (tertiary/aromatic N) is 4. The second-order valence-electron chi connectivity index (χ2n) is 9.07. The van der Waals surface area contributed by atoms with Crippen LogP contribution < -0.4 is 10.5 Å². The number of carbonyl (C=O) groups is 1. The van der Waals surface area contributed by atoms with Gasteiger partial charge in [0.1, 0.15) is 15.8 Å². The van der Waals surface area contributed by atoms with Crippen molar-refractivity contribution in [3.8, 4) is 0 Å². The maximum absolute atomic E-state index is 13.7. The third-order valence-electron chi connectivity index (χ3n) is 6.58. The lowest BCUT2D eigenvalue weighted by molar-refractivity contribution is -0.122. The molecule has 35 heavy (non-hydrogen) atoms. The Morgan fingerprint density at radius 3 is 2.66 bits per heavy atom. The summed E-state index contributed by atoms with van der Waals surface area (Å²) >= 11 is 13.0.